The van der Waals surface area contributed by atoms with Crippen LogP contribution in [0.1, 0.15) is 18.1 Å². The molecule has 3 N–H and O–H groups in total. The molecule has 10 heteroatoms. The third-order valence-electron chi connectivity index (χ3n) is 5.52. The SMILES string of the molecule is CCN(C(=O)/C=C/c1cc(OC)c2c(c1)OCCO2)c1c(N)n(Cc2ccccc2)c(=O)[nH]c1=O. The number of nitrogens with zero attached hydrogens (tertiary/aromatic N) is 2. The van der Waals surface area contributed by atoms with Gasteiger partial charge in [-0.25, -0.2) is 4.79 Å². The number of likely N-dealkylation sites (N-methyl/N-ethyl adjacent to an activating group) is 1. The van der Waals surface area contributed by atoms with Gasteiger partial charge in [-0.05, 0) is 36.3 Å². The van der Waals surface area contributed by atoms with E-state index in [1.54, 1.807) is 25.1 Å². The van der Waals surface area contributed by atoms with Gasteiger partial charge in [0.2, 0.25) is 5.75 Å². The Balaban J connectivity index is 1.65. The number of anilines is 2. The zero-order chi connectivity index (χ0) is 24.9. The highest BCUT2D eigenvalue weighted by Gasteiger charge is 2.22. The zero-order valence-corrected chi connectivity index (χ0v) is 19.4. The summed E-state index contributed by atoms with van der Waals surface area (Å²) in [6.45, 7) is 2.85. The molecule has 182 valence electrons. The van der Waals surface area contributed by atoms with Crippen LogP contribution < -0.4 is 36.1 Å². The van der Waals surface area contributed by atoms with Gasteiger partial charge in [-0.2, -0.15) is 0 Å². The van der Waals surface area contributed by atoms with Crippen LogP contribution in [0, 0.1) is 0 Å². The van der Waals surface area contributed by atoms with Gasteiger partial charge in [0, 0.05) is 12.6 Å². The number of fused-ring (bicyclic) bond motifs is 1. The lowest BCUT2D eigenvalue weighted by Crippen LogP contribution is -2.40. The van der Waals surface area contributed by atoms with Crippen molar-refractivity contribution >= 4 is 23.5 Å². The van der Waals surface area contributed by atoms with Crippen molar-refractivity contribution in [2.75, 3.05) is 37.5 Å². The normalized spacial score (nSPS) is 12.5. The Morgan fingerprint density at radius 1 is 1.20 bits per heavy atom. The lowest BCUT2D eigenvalue weighted by Gasteiger charge is -2.22. The number of ether oxygens (including phenoxy) is 3. The Kier molecular flexibility index (Phi) is 6.91. The summed E-state index contributed by atoms with van der Waals surface area (Å²) < 4.78 is 17.8. The number of rotatable bonds is 7. The average molecular weight is 479 g/mol. The second kappa shape index (κ2) is 10.2. The Morgan fingerprint density at radius 3 is 2.66 bits per heavy atom. The summed E-state index contributed by atoms with van der Waals surface area (Å²) in [5.41, 5.74) is 6.24. The molecule has 10 nitrogen and oxygen atoms in total. The van der Waals surface area contributed by atoms with Crippen molar-refractivity contribution < 1.29 is 19.0 Å². The fraction of sp³-hybridized carbons (Fsp3) is 0.240. The van der Waals surface area contributed by atoms with Crippen molar-refractivity contribution in [2.45, 2.75) is 13.5 Å². The van der Waals surface area contributed by atoms with Gasteiger partial charge >= 0.3 is 5.69 Å². The van der Waals surface area contributed by atoms with Gasteiger partial charge in [0.25, 0.3) is 11.5 Å². The molecule has 3 aromatic rings. The number of aromatic nitrogens is 2. The maximum absolute atomic E-state index is 13.1. The van der Waals surface area contributed by atoms with Gasteiger partial charge in [-0.15, -0.1) is 0 Å². The molecule has 1 aliphatic heterocycles. The predicted molar refractivity (Wildman–Crippen MR) is 132 cm³/mol. The van der Waals surface area contributed by atoms with E-state index in [4.69, 9.17) is 19.9 Å². The van der Waals surface area contributed by atoms with E-state index in [9.17, 15) is 14.4 Å². The van der Waals surface area contributed by atoms with Crippen LogP contribution in [0.3, 0.4) is 0 Å². The van der Waals surface area contributed by atoms with E-state index in [-0.39, 0.29) is 24.6 Å². The predicted octanol–water partition coefficient (Wildman–Crippen LogP) is 2.01. The molecular formula is C25H26N4O6. The maximum atomic E-state index is 13.1. The van der Waals surface area contributed by atoms with E-state index < -0.39 is 17.2 Å². The topological polar surface area (TPSA) is 129 Å². The molecule has 1 aromatic heterocycles. The second-order valence-corrected chi connectivity index (χ2v) is 7.73. The minimum atomic E-state index is -0.735. The lowest BCUT2D eigenvalue weighted by molar-refractivity contribution is -0.114. The fourth-order valence-corrected chi connectivity index (χ4v) is 3.83. The first-order valence-electron chi connectivity index (χ1n) is 11.1. The van der Waals surface area contributed by atoms with Crippen molar-refractivity contribution in [1.82, 2.24) is 9.55 Å². The Morgan fingerprint density at radius 2 is 1.94 bits per heavy atom. The number of H-pyrrole nitrogens is 1. The number of aromatic amines is 1. The van der Waals surface area contributed by atoms with E-state index in [0.717, 1.165) is 5.56 Å². The number of nitrogen functional groups attached to an aromatic ring is 1. The highest BCUT2D eigenvalue weighted by molar-refractivity contribution is 6.05. The molecule has 0 aliphatic carbocycles. The maximum Gasteiger partial charge on any atom is 0.330 e. The van der Waals surface area contributed by atoms with Crippen LogP contribution in [-0.2, 0) is 11.3 Å². The molecule has 0 radical (unpaired) electrons. The monoisotopic (exact) mass is 478 g/mol. The standard InChI is InChI=1S/C25H26N4O6/c1-3-28(20(30)10-9-17-13-18(33-2)22-19(14-17)34-11-12-35-22)21-23(26)29(25(32)27-24(21)31)15-16-7-5-4-6-8-16/h4-10,13-14H,3,11-12,15,26H2,1-2H3,(H,27,31,32)/b10-9+. The van der Waals surface area contributed by atoms with Crippen molar-refractivity contribution in [1.29, 1.82) is 0 Å². The van der Waals surface area contributed by atoms with Crippen LogP contribution in [0.5, 0.6) is 17.2 Å². The van der Waals surface area contributed by atoms with Crippen molar-refractivity contribution in [3.8, 4) is 17.2 Å². The van der Waals surface area contributed by atoms with Crippen LogP contribution in [0.4, 0.5) is 11.5 Å². The number of hydrogen-bond donors (Lipinski definition) is 2. The number of benzene rings is 2. The van der Waals surface area contributed by atoms with Crippen LogP contribution in [0.2, 0.25) is 0 Å². The fourth-order valence-electron chi connectivity index (χ4n) is 3.83. The van der Waals surface area contributed by atoms with Crippen LogP contribution >= 0.6 is 0 Å². The number of nitrogens with one attached hydrogen (secondary N) is 1. The first-order chi connectivity index (χ1) is 16.9. The minimum Gasteiger partial charge on any atom is -0.493 e. The van der Waals surface area contributed by atoms with Gasteiger partial charge in [-0.3, -0.25) is 19.1 Å². The molecule has 1 amide bonds. The van der Waals surface area contributed by atoms with Crippen LogP contribution in [0.25, 0.3) is 6.08 Å². The number of nitrogens with two attached hydrogens (primary N) is 1. The Hall–Kier alpha value is -4.47. The lowest BCUT2D eigenvalue weighted by atomic mass is 10.1. The molecule has 0 spiro atoms. The first-order valence-corrected chi connectivity index (χ1v) is 11.1. The summed E-state index contributed by atoms with van der Waals surface area (Å²) in [7, 11) is 1.52. The second-order valence-electron chi connectivity index (χ2n) is 7.73. The summed E-state index contributed by atoms with van der Waals surface area (Å²) in [5.74, 6) is 0.937. The molecule has 1 aliphatic rings. The summed E-state index contributed by atoms with van der Waals surface area (Å²) >= 11 is 0. The van der Waals surface area contributed by atoms with E-state index in [1.807, 2.05) is 30.3 Å². The van der Waals surface area contributed by atoms with Gasteiger partial charge in [0.1, 0.15) is 19.0 Å². The number of carbonyl (C=O) groups is 1. The minimum absolute atomic E-state index is 0.0857. The number of carbonyl (C=O) groups excluding carboxylic acids is 1. The van der Waals surface area contributed by atoms with E-state index in [1.165, 1.54) is 22.7 Å². The molecule has 0 saturated heterocycles. The molecule has 2 aromatic carbocycles. The number of amides is 1. The third-order valence-corrected chi connectivity index (χ3v) is 5.52. The van der Waals surface area contributed by atoms with Gasteiger partial charge in [-0.1, -0.05) is 30.3 Å². The van der Waals surface area contributed by atoms with Gasteiger partial charge in [0.15, 0.2) is 17.2 Å². The van der Waals surface area contributed by atoms with Crippen molar-refractivity contribution in [3.05, 3.63) is 80.5 Å². The highest BCUT2D eigenvalue weighted by atomic mass is 16.6. The van der Waals surface area contributed by atoms with Crippen molar-refractivity contribution in [2.24, 2.45) is 0 Å². The molecule has 0 unspecified atom stereocenters. The smallest absolute Gasteiger partial charge is 0.330 e. The summed E-state index contributed by atoms with van der Waals surface area (Å²) in [4.78, 5) is 41.7. The van der Waals surface area contributed by atoms with Crippen molar-refractivity contribution in [3.63, 3.8) is 0 Å². The molecular weight excluding hydrogens is 452 g/mol. The number of methoxy groups -OCH3 is 1. The summed E-state index contributed by atoms with van der Waals surface area (Å²) in [6, 6.07) is 12.7. The zero-order valence-electron chi connectivity index (χ0n) is 19.4. The summed E-state index contributed by atoms with van der Waals surface area (Å²) in [6.07, 6.45) is 2.90. The van der Waals surface area contributed by atoms with Gasteiger partial charge < -0.3 is 24.8 Å². The first kappa shape index (κ1) is 23.7. The van der Waals surface area contributed by atoms with Crippen LogP contribution in [-0.4, -0.2) is 42.3 Å². The average Bonchev–Trinajstić information content (AvgIpc) is 2.87. The van der Waals surface area contributed by atoms with E-state index in [2.05, 4.69) is 4.98 Å². The Labute approximate surface area is 201 Å². The Bertz CT molecular complexity index is 1360. The molecule has 0 fully saturated rings. The van der Waals surface area contributed by atoms with E-state index >= 15 is 0 Å². The van der Waals surface area contributed by atoms with Crippen LogP contribution in [0.15, 0.2) is 58.1 Å². The largest absolute Gasteiger partial charge is 0.493 e. The number of hydrogen-bond acceptors (Lipinski definition) is 7. The summed E-state index contributed by atoms with van der Waals surface area (Å²) in [5, 5.41) is 0. The quantitative estimate of drug-likeness (QED) is 0.497. The molecule has 0 bridgehead atoms. The van der Waals surface area contributed by atoms with Gasteiger partial charge in [0.05, 0.1) is 13.7 Å². The third kappa shape index (κ3) is 4.91. The molecule has 2 heterocycles. The molecule has 0 atom stereocenters. The molecule has 35 heavy (non-hydrogen) atoms. The molecule has 4 rings (SSSR count). The molecule has 0 saturated carbocycles. The highest BCUT2D eigenvalue weighted by Crippen LogP contribution is 2.40. The van der Waals surface area contributed by atoms with E-state index in [0.29, 0.717) is 36.0 Å².